The molecule has 0 radical (unpaired) electrons. The van der Waals surface area contributed by atoms with Crippen molar-refractivity contribution in [3.05, 3.63) is 0 Å². The molecule has 74 valence electrons. The first-order valence-electron chi connectivity index (χ1n) is 4.91. The Morgan fingerprint density at radius 1 is 1.46 bits per heavy atom. The van der Waals surface area contributed by atoms with E-state index in [0.29, 0.717) is 23.6 Å². The van der Waals surface area contributed by atoms with Gasteiger partial charge in [0.05, 0.1) is 13.0 Å². The second-order valence-electron chi connectivity index (χ2n) is 4.20. The van der Waals surface area contributed by atoms with Gasteiger partial charge in [0.1, 0.15) is 0 Å². The van der Waals surface area contributed by atoms with E-state index in [4.69, 9.17) is 16.3 Å². The van der Waals surface area contributed by atoms with Gasteiger partial charge in [-0.1, -0.05) is 0 Å². The minimum Gasteiger partial charge on any atom is -0.469 e. The van der Waals surface area contributed by atoms with Crippen LogP contribution in [0.3, 0.4) is 0 Å². The van der Waals surface area contributed by atoms with Gasteiger partial charge in [0.25, 0.3) is 0 Å². The average molecular weight is 203 g/mol. The molecule has 0 aromatic carbocycles. The second kappa shape index (κ2) is 3.49. The van der Waals surface area contributed by atoms with E-state index < -0.39 is 0 Å². The van der Waals surface area contributed by atoms with Gasteiger partial charge in [0.2, 0.25) is 0 Å². The van der Waals surface area contributed by atoms with Crippen LogP contribution in [0.4, 0.5) is 0 Å². The highest BCUT2D eigenvalue weighted by atomic mass is 35.5. The fourth-order valence-corrected chi connectivity index (χ4v) is 3.58. The van der Waals surface area contributed by atoms with Crippen molar-refractivity contribution in [2.45, 2.75) is 19.3 Å². The zero-order chi connectivity index (χ0) is 9.42. The predicted octanol–water partition coefficient (Wildman–Crippen LogP) is 2.06. The molecule has 2 bridgehead atoms. The maximum absolute atomic E-state index is 11.5. The van der Waals surface area contributed by atoms with E-state index in [1.165, 1.54) is 26.4 Å². The molecule has 0 aromatic rings. The molecule has 4 atom stereocenters. The number of ether oxygens (including phenoxy) is 1. The molecule has 13 heavy (non-hydrogen) atoms. The number of carbonyl (C=O) groups excluding carboxylic acids is 1. The summed E-state index contributed by atoms with van der Waals surface area (Å²) in [6.07, 6.45) is 3.64. The molecule has 0 saturated heterocycles. The monoisotopic (exact) mass is 202 g/mol. The molecule has 3 heteroatoms. The Morgan fingerprint density at radius 3 is 2.77 bits per heavy atom. The third-order valence-electron chi connectivity index (χ3n) is 3.74. The lowest BCUT2D eigenvalue weighted by Gasteiger charge is -2.27. The third kappa shape index (κ3) is 1.35. The number of alkyl halides is 1. The molecule has 0 amide bonds. The molecule has 0 aliphatic heterocycles. The zero-order valence-corrected chi connectivity index (χ0v) is 8.59. The minimum atomic E-state index is -0.0437. The molecular formula is C10H15ClO2. The maximum Gasteiger partial charge on any atom is 0.309 e. The first kappa shape index (κ1) is 9.32. The summed E-state index contributed by atoms with van der Waals surface area (Å²) >= 11 is 5.89. The van der Waals surface area contributed by atoms with Crippen LogP contribution in [-0.2, 0) is 9.53 Å². The number of hydrogen-bond acceptors (Lipinski definition) is 2. The molecule has 2 rings (SSSR count). The van der Waals surface area contributed by atoms with E-state index in [1.807, 2.05) is 0 Å². The standard InChI is InChI=1S/C10H15ClO2/c1-13-10(12)9-7-3-2-6(4-7)8(9)5-11/h6-9H,2-5H2,1H3/t6-,7+,8+,9+/m0/s1. The van der Waals surface area contributed by atoms with Crippen molar-refractivity contribution in [2.24, 2.45) is 23.7 Å². The quantitative estimate of drug-likeness (QED) is 0.506. The highest BCUT2D eigenvalue weighted by Gasteiger charge is 2.50. The van der Waals surface area contributed by atoms with E-state index in [0.717, 1.165) is 0 Å². The van der Waals surface area contributed by atoms with Crippen LogP contribution in [0.25, 0.3) is 0 Å². The van der Waals surface area contributed by atoms with Crippen LogP contribution < -0.4 is 0 Å². The number of methoxy groups -OCH3 is 1. The Labute approximate surface area is 83.6 Å². The first-order valence-corrected chi connectivity index (χ1v) is 5.45. The summed E-state index contributed by atoms with van der Waals surface area (Å²) < 4.78 is 4.82. The molecule has 2 nitrogen and oxygen atoms in total. The van der Waals surface area contributed by atoms with Crippen LogP contribution in [0.15, 0.2) is 0 Å². The summed E-state index contributed by atoms with van der Waals surface area (Å²) in [5, 5.41) is 0. The second-order valence-corrected chi connectivity index (χ2v) is 4.51. The lowest BCUT2D eigenvalue weighted by Crippen LogP contribution is -2.31. The van der Waals surface area contributed by atoms with Gasteiger partial charge in [0, 0.05) is 5.88 Å². The van der Waals surface area contributed by atoms with E-state index in [1.54, 1.807) is 0 Å². The summed E-state index contributed by atoms with van der Waals surface area (Å²) in [7, 11) is 1.47. The van der Waals surface area contributed by atoms with Crippen molar-refractivity contribution in [2.75, 3.05) is 13.0 Å². The van der Waals surface area contributed by atoms with Crippen molar-refractivity contribution >= 4 is 17.6 Å². The molecule has 0 N–H and O–H groups in total. The summed E-state index contributed by atoms with van der Waals surface area (Å²) in [6, 6.07) is 0. The maximum atomic E-state index is 11.5. The molecule has 0 spiro atoms. The Kier molecular flexibility index (Phi) is 2.50. The number of fused-ring (bicyclic) bond motifs is 2. The molecule has 2 saturated carbocycles. The zero-order valence-electron chi connectivity index (χ0n) is 7.83. The molecular weight excluding hydrogens is 188 g/mol. The van der Waals surface area contributed by atoms with Gasteiger partial charge in [0.15, 0.2) is 0 Å². The normalized spacial score (nSPS) is 42.3. The summed E-state index contributed by atoms with van der Waals surface area (Å²) in [4.78, 5) is 11.5. The topological polar surface area (TPSA) is 26.3 Å². The van der Waals surface area contributed by atoms with Crippen molar-refractivity contribution in [3.63, 3.8) is 0 Å². The highest BCUT2D eigenvalue weighted by molar-refractivity contribution is 6.18. The third-order valence-corrected chi connectivity index (χ3v) is 4.10. The van der Waals surface area contributed by atoms with Crippen LogP contribution in [0.5, 0.6) is 0 Å². The molecule has 0 aromatic heterocycles. The largest absolute Gasteiger partial charge is 0.469 e. The molecule has 2 aliphatic carbocycles. The molecule has 0 heterocycles. The van der Waals surface area contributed by atoms with Crippen molar-refractivity contribution in [3.8, 4) is 0 Å². The van der Waals surface area contributed by atoms with Crippen LogP contribution in [0.1, 0.15) is 19.3 Å². The molecule has 2 aliphatic rings. The molecule has 0 unspecified atom stereocenters. The van der Waals surface area contributed by atoms with Crippen molar-refractivity contribution in [1.82, 2.24) is 0 Å². The van der Waals surface area contributed by atoms with Crippen LogP contribution in [-0.4, -0.2) is 19.0 Å². The van der Waals surface area contributed by atoms with Gasteiger partial charge in [-0.3, -0.25) is 4.79 Å². The SMILES string of the molecule is COC(=O)[C@@H]1[C@@H]2CC[C@@H](C2)[C@H]1CCl. The average Bonchev–Trinajstić information content (AvgIpc) is 2.74. The van der Waals surface area contributed by atoms with Gasteiger partial charge in [-0.25, -0.2) is 0 Å². The Balaban J connectivity index is 2.13. The number of carbonyl (C=O) groups is 1. The number of esters is 1. The molecule has 2 fully saturated rings. The first-order chi connectivity index (χ1) is 6.27. The van der Waals surface area contributed by atoms with Gasteiger partial charge in [-0.05, 0) is 37.0 Å². The summed E-state index contributed by atoms with van der Waals surface area (Å²) in [5.74, 6) is 2.29. The summed E-state index contributed by atoms with van der Waals surface area (Å²) in [6.45, 7) is 0. The Hall–Kier alpha value is -0.240. The van der Waals surface area contributed by atoms with Crippen molar-refractivity contribution in [1.29, 1.82) is 0 Å². The fourth-order valence-electron chi connectivity index (χ4n) is 3.14. The van der Waals surface area contributed by atoms with Crippen molar-refractivity contribution < 1.29 is 9.53 Å². The van der Waals surface area contributed by atoms with Crippen LogP contribution in [0.2, 0.25) is 0 Å². The fraction of sp³-hybridized carbons (Fsp3) is 0.900. The lowest BCUT2D eigenvalue weighted by molar-refractivity contribution is -0.149. The van der Waals surface area contributed by atoms with Crippen LogP contribution >= 0.6 is 11.6 Å². The summed E-state index contributed by atoms with van der Waals surface area (Å²) in [5.41, 5.74) is 0. The van der Waals surface area contributed by atoms with Gasteiger partial charge in [-0.15, -0.1) is 11.6 Å². The number of rotatable bonds is 2. The van der Waals surface area contributed by atoms with E-state index >= 15 is 0 Å². The Morgan fingerprint density at radius 2 is 2.15 bits per heavy atom. The van der Waals surface area contributed by atoms with E-state index in [-0.39, 0.29) is 11.9 Å². The van der Waals surface area contributed by atoms with Gasteiger partial charge >= 0.3 is 5.97 Å². The lowest BCUT2D eigenvalue weighted by atomic mass is 9.80. The van der Waals surface area contributed by atoms with E-state index in [2.05, 4.69) is 0 Å². The number of hydrogen-bond donors (Lipinski definition) is 0. The smallest absolute Gasteiger partial charge is 0.309 e. The number of halogens is 1. The minimum absolute atomic E-state index is 0.0437. The van der Waals surface area contributed by atoms with Gasteiger partial charge in [-0.2, -0.15) is 0 Å². The van der Waals surface area contributed by atoms with E-state index in [9.17, 15) is 4.79 Å². The predicted molar refractivity (Wildman–Crippen MR) is 50.5 cm³/mol. The van der Waals surface area contributed by atoms with Gasteiger partial charge < -0.3 is 4.74 Å². The van der Waals surface area contributed by atoms with Crippen LogP contribution in [0, 0.1) is 23.7 Å². The highest BCUT2D eigenvalue weighted by Crippen LogP contribution is 2.52. The Bertz CT molecular complexity index is 217.